The van der Waals surface area contributed by atoms with Crippen molar-refractivity contribution in [2.45, 2.75) is 57.8 Å². The lowest BCUT2D eigenvalue weighted by atomic mass is 10.0. The van der Waals surface area contributed by atoms with E-state index < -0.39 is 17.3 Å². The first-order valence-corrected chi connectivity index (χ1v) is 11.2. The van der Waals surface area contributed by atoms with Crippen LogP contribution >= 0.6 is 0 Å². The van der Waals surface area contributed by atoms with Gasteiger partial charge < -0.3 is 15.1 Å². The molecule has 2 N–H and O–H groups in total. The molecule has 2 fully saturated rings. The second-order valence-electron chi connectivity index (χ2n) is 9.58. The number of aromatic nitrogens is 2. The van der Waals surface area contributed by atoms with E-state index in [0.717, 1.165) is 37.3 Å². The summed E-state index contributed by atoms with van der Waals surface area (Å²) in [5.41, 5.74) is 0.909. The number of hydrogen-bond donors (Lipinski definition) is 2. The largest absolute Gasteiger partial charge is 0.321 e. The van der Waals surface area contributed by atoms with E-state index in [1.54, 1.807) is 6.07 Å². The van der Waals surface area contributed by atoms with Gasteiger partial charge in [0.15, 0.2) is 5.82 Å². The molecule has 2 atom stereocenters. The molecule has 1 aromatic carbocycles. The molecule has 1 aromatic heterocycles. The van der Waals surface area contributed by atoms with Gasteiger partial charge in [-0.3, -0.25) is 14.8 Å². The van der Waals surface area contributed by atoms with Crippen molar-refractivity contribution in [1.29, 1.82) is 0 Å². The standard InChI is InChI=1S/C23H29FN6O2/c1-14-11-28-10-6-7-15(28)12-29(14)22(32)30-13-17-19(23(30,2)3)26-27-20(17)25-21(31)16-8-4-5-9-18(16)24/h4-5,8-9,14-15H,6-7,10-13H2,1-3H3,(H2,25,26,27,31)/t14-,15-/m0/s1. The molecule has 3 aliphatic rings. The van der Waals surface area contributed by atoms with Crippen molar-refractivity contribution in [3.05, 3.63) is 46.9 Å². The second kappa shape index (κ2) is 7.58. The number of H-pyrrole nitrogens is 1. The molecular weight excluding hydrogens is 411 g/mol. The zero-order valence-electron chi connectivity index (χ0n) is 18.7. The molecule has 0 aliphatic carbocycles. The Labute approximate surface area is 186 Å². The third kappa shape index (κ3) is 3.26. The number of aromatic amines is 1. The van der Waals surface area contributed by atoms with Gasteiger partial charge in [0, 0.05) is 30.7 Å². The number of benzene rings is 1. The van der Waals surface area contributed by atoms with Crippen molar-refractivity contribution in [2.24, 2.45) is 0 Å². The van der Waals surface area contributed by atoms with Crippen LogP contribution in [-0.2, 0) is 12.1 Å². The van der Waals surface area contributed by atoms with Crippen LogP contribution < -0.4 is 5.32 Å². The van der Waals surface area contributed by atoms with Crippen LogP contribution in [0.5, 0.6) is 0 Å². The monoisotopic (exact) mass is 440 g/mol. The Hall–Kier alpha value is -2.94. The molecule has 5 rings (SSSR count). The molecule has 3 amide bonds. The first-order valence-electron chi connectivity index (χ1n) is 11.2. The molecular formula is C23H29FN6O2. The Balaban J connectivity index is 1.36. The molecule has 0 unspecified atom stereocenters. The third-order valence-corrected chi connectivity index (χ3v) is 7.23. The molecule has 9 heteroatoms. The summed E-state index contributed by atoms with van der Waals surface area (Å²) in [5.74, 6) is -0.814. The van der Waals surface area contributed by atoms with Crippen LogP contribution in [0, 0.1) is 5.82 Å². The SMILES string of the molecule is C[C@H]1CN2CCC[C@H]2CN1C(=O)N1Cc2c(NC(=O)c3ccccc3F)n[nH]c2C1(C)C. The van der Waals surface area contributed by atoms with Gasteiger partial charge in [0.2, 0.25) is 0 Å². The van der Waals surface area contributed by atoms with Crippen molar-refractivity contribution in [1.82, 2.24) is 24.9 Å². The van der Waals surface area contributed by atoms with Gasteiger partial charge in [0.05, 0.1) is 23.3 Å². The Morgan fingerprint density at radius 1 is 1.25 bits per heavy atom. The maximum Gasteiger partial charge on any atom is 0.321 e. The van der Waals surface area contributed by atoms with Crippen LogP contribution in [0.4, 0.5) is 15.0 Å². The Bertz CT molecular complexity index is 1070. The highest BCUT2D eigenvalue weighted by atomic mass is 19.1. The number of piperazine rings is 1. The Morgan fingerprint density at radius 3 is 2.81 bits per heavy atom. The lowest BCUT2D eigenvalue weighted by Gasteiger charge is -2.45. The number of nitrogens with one attached hydrogen (secondary N) is 2. The van der Waals surface area contributed by atoms with Crippen LogP contribution in [0.1, 0.15) is 55.2 Å². The highest BCUT2D eigenvalue weighted by Crippen LogP contribution is 2.41. The van der Waals surface area contributed by atoms with Crippen LogP contribution in [0.25, 0.3) is 0 Å². The van der Waals surface area contributed by atoms with Crippen molar-refractivity contribution < 1.29 is 14.0 Å². The molecule has 0 saturated carbocycles. The predicted octanol–water partition coefficient (Wildman–Crippen LogP) is 3.14. The highest BCUT2D eigenvalue weighted by molar-refractivity contribution is 6.04. The van der Waals surface area contributed by atoms with Crippen LogP contribution in [0.15, 0.2) is 24.3 Å². The molecule has 8 nitrogen and oxygen atoms in total. The number of fused-ring (bicyclic) bond motifs is 2. The normalized spacial score (nSPS) is 24.4. The molecule has 32 heavy (non-hydrogen) atoms. The quantitative estimate of drug-likeness (QED) is 0.752. The van der Waals surface area contributed by atoms with Crippen molar-refractivity contribution in [3.63, 3.8) is 0 Å². The molecule has 0 bridgehead atoms. The fourth-order valence-electron chi connectivity index (χ4n) is 5.36. The summed E-state index contributed by atoms with van der Waals surface area (Å²) in [6.07, 6.45) is 2.32. The fourth-order valence-corrected chi connectivity index (χ4v) is 5.36. The Kier molecular flexibility index (Phi) is 4.96. The molecule has 2 saturated heterocycles. The number of halogens is 1. The number of amides is 3. The summed E-state index contributed by atoms with van der Waals surface area (Å²) >= 11 is 0. The van der Waals surface area contributed by atoms with Crippen LogP contribution in [-0.4, -0.2) is 68.6 Å². The van der Waals surface area contributed by atoms with Crippen LogP contribution in [0.3, 0.4) is 0 Å². The summed E-state index contributed by atoms with van der Waals surface area (Å²) < 4.78 is 14.0. The minimum Gasteiger partial charge on any atom is -0.319 e. The molecule has 2 aromatic rings. The second-order valence-corrected chi connectivity index (χ2v) is 9.58. The average molecular weight is 441 g/mol. The van der Waals surface area contributed by atoms with E-state index in [1.165, 1.54) is 24.6 Å². The number of urea groups is 1. The molecule has 4 heterocycles. The summed E-state index contributed by atoms with van der Waals surface area (Å²) in [7, 11) is 0. The zero-order chi connectivity index (χ0) is 22.6. The first-order chi connectivity index (χ1) is 15.3. The van der Waals surface area contributed by atoms with E-state index >= 15 is 0 Å². The maximum atomic E-state index is 14.0. The minimum atomic E-state index is -0.604. The minimum absolute atomic E-state index is 0.00466. The fraction of sp³-hybridized carbons (Fsp3) is 0.522. The number of rotatable bonds is 2. The number of carbonyl (C=O) groups excluding carboxylic acids is 2. The number of anilines is 1. The summed E-state index contributed by atoms with van der Waals surface area (Å²) in [5, 5.41) is 9.98. The summed E-state index contributed by atoms with van der Waals surface area (Å²) in [6, 6.07) is 6.42. The summed E-state index contributed by atoms with van der Waals surface area (Å²) in [4.78, 5) is 32.6. The van der Waals surface area contributed by atoms with Gasteiger partial charge in [-0.05, 0) is 52.3 Å². The molecule has 0 spiro atoms. The van der Waals surface area contributed by atoms with Gasteiger partial charge in [0.25, 0.3) is 5.91 Å². The average Bonchev–Trinajstić information content (AvgIpc) is 3.43. The van der Waals surface area contributed by atoms with Gasteiger partial charge in [-0.25, -0.2) is 9.18 Å². The van der Waals surface area contributed by atoms with Gasteiger partial charge in [-0.1, -0.05) is 12.1 Å². The number of carbonyl (C=O) groups is 2. The maximum absolute atomic E-state index is 14.0. The third-order valence-electron chi connectivity index (χ3n) is 7.23. The summed E-state index contributed by atoms with van der Waals surface area (Å²) in [6.45, 7) is 9.17. The lowest BCUT2D eigenvalue weighted by Crippen LogP contribution is -2.60. The van der Waals surface area contributed by atoms with E-state index in [0.29, 0.717) is 18.4 Å². The van der Waals surface area contributed by atoms with Gasteiger partial charge in [-0.15, -0.1) is 0 Å². The van der Waals surface area contributed by atoms with Gasteiger partial charge >= 0.3 is 6.03 Å². The van der Waals surface area contributed by atoms with Crippen molar-refractivity contribution >= 4 is 17.8 Å². The van der Waals surface area contributed by atoms with E-state index in [4.69, 9.17) is 0 Å². The smallest absolute Gasteiger partial charge is 0.319 e. The molecule has 0 radical (unpaired) electrons. The van der Waals surface area contributed by atoms with Gasteiger partial charge in [0.1, 0.15) is 5.82 Å². The highest BCUT2D eigenvalue weighted by Gasteiger charge is 2.47. The van der Waals surface area contributed by atoms with E-state index in [-0.39, 0.29) is 17.6 Å². The number of nitrogens with zero attached hydrogens (tertiary/aromatic N) is 4. The van der Waals surface area contributed by atoms with E-state index in [1.807, 2.05) is 23.6 Å². The molecule has 3 aliphatic heterocycles. The van der Waals surface area contributed by atoms with Gasteiger partial charge in [-0.2, -0.15) is 5.10 Å². The van der Waals surface area contributed by atoms with E-state index in [2.05, 4.69) is 27.3 Å². The topological polar surface area (TPSA) is 84.6 Å². The number of hydrogen-bond acceptors (Lipinski definition) is 4. The van der Waals surface area contributed by atoms with Crippen molar-refractivity contribution in [2.75, 3.05) is 25.0 Å². The lowest BCUT2D eigenvalue weighted by molar-refractivity contribution is 0.0454. The van der Waals surface area contributed by atoms with Crippen LogP contribution in [0.2, 0.25) is 0 Å². The Morgan fingerprint density at radius 2 is 2.03 bits per heavy atom. The van der Waals surface area contributed by atoms with Crippen molar-refractivity contribution in [3.8, 4) is 0 Å². The zero-order valence-corrected chi connectivity index (χ0v) is 18.7. The first kappa shape index (κ1) is 20.9. The van der Waals surface area contributed by atoms with E-state index in [9.17, 15) is 14.0 Å². The molecule has 170 valence electrons. The predicted molar refractivity (Wildman–Crippen MR) is 118 cm³/mol.